The summed E-state index contributed by atoms with van der Waals surface area (Å²) in [6.45, 7) is 2.19. The van der Waals surface area contributed by atoms with Gasteiger partial charge < -0.3 is 5.11 Å². The fraction of sp³-hybridized carbons (Fsp3) is 0.500. The van der Waals surface area contributed by atoms with Crippen LogP contribution in [0.3, 0.4) is 0 Å². The predicted octanol–water partition coefficient (Wildman–Crippen LogP) is 3.83. The molecular formula is C14H17BrO3S. The molecule has 5 heteroatoms. The second-order valence-electron chi connectivity index (χ2n) is 5.14. The Morgan fingerprint density at radius 2 is 2.16 bits per heavy atom. The van der Waals surface area contributed by atoms with E-state index < -0.39 is 16.8 Å². The Bertz CT molecular complexity index is 515. The summed E-state index contributed by atoms with van der Waals surface area (Å²) in [5.41, 5.74) is 0.176. The molecule has 19 heavy (non-hydrogen) atoms. The smallest absolute Gasteiger partial charge is 0.336 e. The number of hydrogen-bond acceptors (Lipinski definition) is 2. The van der Waals surface area contributed by atoms with Gasteiger partial charge in [-0.05, 0) is 52.9 Å². The van der Waals surface area contributed by atoms with E-state index in [2.05, 4.69) is 22.9 Å². The summed E-state index contributed by atoms with van der Waals surface area (Å²) >= 11 is 3.21. The number of benzene rings is 1. The van der Waals surface area contributed by atoms with Gasteiger partial charge in [0.1, 0.15) is 0 Å². The minimum atomic E-state index is -1.11. The van der Waals surface area contributed by atoms with Gasteiger partial charge in [0.2, 0.25) is 0 Å². The summed E-state index contributed by atoms with van der Waals surface area (Å²) in [5.74, 6) is -0.389. The molecule has 0 aliphatic heterocycles. The summed E-state index contributed by atoms with van der Waals surface area (Å²) < 4.78 is 13.1. The lowest BCUT2D eigenvalue weighted by Crippen LogP contribution is -2.23. The maximum absolute atomic E-state index is 12.5. The van der Waals surface area contributed by atoms with Crippen LogP contribution in [0.4, 0.5) is 0 Å². The Morgan fingerprint density at radius 1 is 1.42 bits per heavy atom. The fourth-order valence-electron chi connectivity index (χ4n) is 2.56. The van der Waals surface area contributed by atoms with Gasteiger partial charge in [-0.15, -0.1) is 0 Å². The summed E-state index contributed by atoms with van der Waals surface area (Å²) in [7, 11) is -1.11. The molecule has 3 atom stereocenters. The summed E-state index contributed by atoms with van der Waals surface area (Å²) in [6.07, 6.45) is 4.24. The molecule has 1 aromatic carbocycles. The molecule has 0 radical (unpaired) electrons. The summed E-state index contributed by atoms with van der Waals surface area (Å²) in [5, 5.41) is 9.25. The Morgan fingerprint density at radius 3 is 2.79 bits per heavy atom. The van der Waals surface area contributed by atoms with Crippen LogP contribution in [0, 0.1) is 5.92 Å². The molecule has 1 aliphatic rings. The largest absolute Gasteiger partial charge is 0.478 e. The molecule has 104 valence electrons. The SMILES string of the molecule is CC1CCCC(S(=O)c2ccc(Br)c(C(=O)O)c2)C1. The molecule has 0 spiro atoms. The second kappa shape index (κ2) is 6.18. The topological polar surface area (TPSA) is 54.4 Å². The maximum atomic E-state index is 12.5. The number of rotatable bonds is 3. The molecule has 3 unspecified atom stereocenters. The lowest BCUT2D eigenvalue weighted by molar-refractivity contribution is 0.0695. The first-order valence-corrected chi connectivity index (χ1v) is 8.43. The molecule has 1 aromatic rings. The molecule has 3 nitrogen and oxygen atoms in total. The number of hydrogen-bond donors (Lipinski definition) is 1. The van der Waals surface area contributed by atoms with Crippen LogP contribution >= 0.6 is 15.9 Å². The lowest BCUT2D eigenvalue weighted by atomic mass is 9.91. The number of carbonyl (C=O) groups is 1. The second-order valence-corrected chi connectivity index (χ2v) is 7.73. The van der Waals surface area contributed by atoms with Crippen LogP contribution in [0.2, 0.25) is 0 Å². The van der Waals surface area contributed by atoms with Crippen molar-refractivity contribution < 1.29 is 14.1 Å². The summed E-state index contributed by atoms with van der Waals surface area (Å²) in [4.78, 5) is 11.7. The zero-order valence-electron chi connectivity index (χ0n) is 10.8. The molecule has 1 saturated carbocycles. The van der Waals surface area contributed by atoms with Crippen molar-refractivity contribution in [3.05, 3.63) is 28.2 Å². The van der Waals surface area contributed by atoms with E-state index in [-0.39, 0.29) is 10.8 Å². The first-order valence-electron chi connectivity index (χ1n) is 6.42. The van der Waals surface area contributed by atoms with Crippen LogP contribution in [0.1, 0.15) is 43.0 Å². The van der Waals surface area contributed by atoms with Crippen molar-refractivity contribution in [2.24, 2.45) is 5.92 Å². The maximum Gasteiger partial charge on any atom is 0.336 e. The predicted molar refractivity (Wildman–Crippen MR) is 78.9 cm³/mol. The first-order chi connectivity index (χ1) is 8.99. The molecule has 1 aliphatic carbocycles. The highest BCUT2D eigenvalue weighted by Gasteiger charge is 2.25. The van der Waals surface area contributed by atoms with E-state index in [1.165, 1.54) is 12.5 Å². The number of aromatic carboxylic acids is 1. The molecule has 1 N–H and O–H groups in total. The van der Waals surface area contributed by atoms with E-state index in [4.69, 9.17) is 5.11 Å². The van der Waals surface area contributed by atoms with E-state index in [1.807, 2.05) is 0 Å². The van der Waals surface area contributed by atoms with Crippen molar-refractivity contribution in [2.75, 3.05) is 0 Å². The number of carboxylic acids is 1. The van der Waals surface area contributed by atoms with Gasteiger partial charge in [0.15, 0.2) is 0 Å². The monoisotopic (exact) mass is 344 g/mol. The molecule has 2 rings (SSSR count). The Hall–Kier alpha value is -0.680. The van der Waals surface area contributed by atoms with Gasteiger partial charge in [0.25, 0.3) is 0 Å². The highest BCUT2D eigenvalue weighted by molar-refractivity contribution is 9.10. The number of carboxylic acid groups (broad SMARTS) is 1. The van der Waals surface area contributed by atoms with Crippen LogP contribution in [-0.4, -0.2) is 20.5 Å². The highest BCUT2D eigenvalue weighted by Crippen LogP contribution is 2.30. The van der Waals surface area contributed by atoms with E-state index >= 15 is 0 Å². The molecule has 1 fully saturated rings. The average molecular weight is 345 g/mol. The lowest BCUT2D eigenvalue weighted by Gasteiger charge is -2.26. The van der Waals surface area contributed by atoms with Crippen molar-refractivity contribution in [1.29, 1.82) is 0 Å². The molecule has 0 heterocycles. The van der Waals surface area contributed by atoms with Crippen molar-refractivity contribution in [3.8, 4) is 0 Å². The third-order valence-corrected chi connectivity index (χ3v) is 6.04. The van der Waals surface area contributed by atoms with E-state index in [9.17, 15) is 9.00 Å². The zero-order chi connectivity index (χ0) is 14.0. The minimum absolute atomic E-state index is 0.159. The molecule has 0 amide bonds. The minimum Gasteiger partial charge on any atom is -0.478 e. The van der Waals surface area contributed by atoms with Crippen molar-refractivity contribution in [3.63, 3.8) is 0 Å². The van der Waals surface area contributed by atoms with Crippen molar-refractivity contribution in [1.82, 2.24) is 0 Å². The van der Waals surface area contributed by atoms with Crippen molar-refractivity contribution in [2.45, 2.75) is 42.8 Å². The van der Waals surface area contributed by atoms with Gasteiger partial charge in [-0.25, -0.2) is 4.79 Å². The van der Waals surface area contributed by atoms with E-state index in [1.54, 1.807) is 12.1 Å². The standard InChI is InChI=1S/C14H17BrO3S/c1-9-3-2-4-10(7-9)19(18)11-5-6-13(15)12(8-11)14(16)17/h5-6,8-10H,2-4,7H2,1H3,(H,16,17). The normalized spacial score (nSPS) is 24.9. The van der Waals surface area contributed by atoms with Gasteiger partial charge in [-0.1, -0.05) is 19.8 Å². The molecule has 0 bridgehead atoms. The van der Waals surface area contributed by atoms with Crippen LogP contribution in [-0.2, 0) is 10.8 Å². The van der Waals surface area contributed by atoms with Crippen molar-refractivity contribution >= 4 is 32.7 Å². The Balaban J connectivity index is 2.24. The van der Waals surface area contributed by atoms with Gasteiger partial charge in [-0.2, -0.15) is 0 Å². The van der Waals surface area contributed by atoms with Crippen LogP contribution in [0.5, 0.6) is 0 Å². The van der Waals surface area contributed by atoms with Gasteiger partial charge in [-0.3, -0.25) is 4.21 Å². The zero-order valence-corrected chi connectivity index (χ0v) is 13.2. The molecule has 0 aromatic heterocycles. The third-order valence-electron chi connectivity index (χ3n) is 3.59. The van der Waals surface area contributed by atoms with Crippen LogP contribution in [0.25, 0.3) is 0 Å². The molecule has 0 saturated heterocycles. The third kappa shape index (κ3) is 3.45. The molecular weight excluding hydrogens is 328 g/mol. The highest BCUT2D eigenvalue weighted by atomic mass is 79.9. The summed E-state index contributed by atoms with van der Waals surface area (Å²) in [6, 6.07) is 4.96. The van der Waals surface area contributed by atoms with Crippen LogP contribution < -0.4 is 0 Å². The first kappa shape index (κ1) is 14.7. The number of halogens is 1. The fourth-order valence-corrected chi connectivity index (χ4v) is 4.68. The van der Waals surface area contributed by atoms with E-state index in [0.29, 0.717) is 15.3 Å². The Labute approximate surface area is 124 Å². The average Bonchev–Trinajstić information content (AvgIpc) is 2.38. The Kier molecular flexibility index (Phi) is 4.79. The quantitative estimate of drug-likeness (QED) is 0.906. The van der Waals surface area contributed by atoms with Gasteiger partial charge in [0.05, 0.1) is 16.4 Å². The van der Waals surface area contributed by atoms with Gasteiger partial charge >= 0.3 is 5.97 Å². The van der Waals surface area contributed by atoms with E-state index in [0.717, 1.165) is 19.3 Å². The van der Waals surface area contributed by atoms with Gasteiger partial charge in [0, 0.05) is 14.6 Å². The van der Waals surface area contributed by atoms with Crippen LogP contribution in [0.15, 0.2) is 27.6 Å².